The molecule has 2 aromatic carbocycles. The first-order valence-electron chi connectivity index (χ1n) is 8.27. The van der Waals surface area contributed by atoms with Crippen LogP contribution in [0.2, 0.25) is 5.02 Å². The number of hydrogen-bond donors (Lipinski definition) is 1. The van der Waals surface area contributed by atoms with E-state index in [9.17, 15) is 14.7 Å². The normalized spacial score (nSPS) is 11.9. The number of carbonyl (C=O) groups is 1. The molecule has 0 bridgehead atoms. The Bertz CT molecular complexity index is 1100. The van der Waals surface area contributed by atoms with E-state index in [-0.39, 0.29) is 18.0 Å². The largest absolute Gasteiger partial charge is 0.856 e. The van der Waals surface area contributed by atoms with Crippen LogP contribution in [0.15, 0.2) is 69.5 Å². The predicted octanol–water partition coefficient (Wildman–Crippen LogP) is 0.619. The van der Waals surface area contributed by atoms with Crippen LogP contribution in [0.3, 0.4) is 0 Å². The zero-order valence-corrected chi connectivity index (χ0v) is 15.6. The smallest absolute Gasteiger partial charge is 0.427 e. The molecule has 0 amide bonds. The maximum atomic E-state index is 12.6. The molecular weight excluding hydrogens is 382 g/mol. The number of aromatic nitrogens is 3. The van der Waals surface area contributed by atoms with Gasteiger partial charge in [0.25, 0.3) is 5.69 Å². The van der Waals surface area contributed by atoms with Crippen LogP contribution in [0.5, 0.6) is 0 Å². The highest BCUT2D eigenvalue weighted by molar-refractivity contribution is 6.30. The van der Waals surface area contributed by atoms with Gasteiger partial charge in [0.2, 0.25) is 5.78 Å². The summed E-state index contributed by atoms with van der Waals surface area (Å²) in [5, 5.41) is 19.3. The Morgan fingerprint density at radius 2 is 1.89 bits per heavy atom. The molecule has 0 fully saturated rings. The lowest BCUT2D eigenvalue weighted by Gasteiger charge is -2.05. The van der Waals surface area contributed by atoms with Crippen LogP contribution < -0.4 is 15.3 Å². The number of rotatable bonds is 6. The van der Waals surface area contributed by atoms with Crippen LogP contribution in [-0.4, -0.2) is 34.9 Å². The van der Waals surface area contributed by atoms with E-state index >= 15 is 0 Å². The van der Waals surface area contributed by atoms with Crippen molar-refractivity contribution in [3.05, 3.63) is 86.8 Å². The second-order valence-electron chi connectivity index (χ2n) is 5.77. The second kappa shape index (κ2) is 8.45. The Morgan fingerprint density at radius 1 is 1.21 bits per heavy atom. The third-order valence-corrected chi connectivity index (χ3v) is 4.13. The van der Waals surface area contributed by atoms with Gasteiger partial charge in [-0.05, 0) is 29.8 Å². The maximum absolute atomic E-state index is 12.6. The lowest BCUT2D eigenvalue weighted by molar-refractivity contribution is -0.745. The molecule has 0 aliphatic rings. The van der Waals surface area contributed by atoms with Crippen LogP contribution in [0.4, 0.5) is 0 Å². The van der Waals surface area contributed by atoms with Gasteiger partial charge in [-0.15, -0.1) is 4.68 Å². The zero-order chi connectivity index (χ0) is 20.1. The van der Waals surface area contributed by atoms with Crippen LogP contribution in [0.25, 0.3) is 0 Å². The second-order valence-corrected chi connectivity index (χ2v) is 6.20. The first-order chi connectivity index (χ1) is 13.5. The quantitative estimate of drug-likeness (QED) is 0.285. The Balaban J connectivity index is 1.95. The molecule has 8 nitrogen and oxygen atoms in total. The summed E-state index contributed by atoms with van der Waals surface area (Å²) in [6, 6.07) is 15.4. The molecule has 28 heavy (non-hydrogen) atoms. The van der Waals surface area contributed by atoms with Gasteiger partial charge in [-0.3, -0.25) is 9.79 Å². The lowest BCUT2D eigenvalue weighted by Crippen LogP contribution is -2.48. The molecule has 0 atom stereocenters. The average Bonchev–Trinajstić information content (AvgIpc) is 3.02. The first kappa shape index (κ1) is 19.2. The molecule has 9 heteroatoms. The van der Waals surface area contributed by atoms with Crippen molar-refractivity contribution >= 4 is 29.5 Å². The van der Waals surface area contributed by atoms with Crippen LogP contribution in [-0.2, 0) is 6.54 Å². The number of hydrogen-bond acceptors (Lipinski definition) is 5. The molecule has 0 radical (unpaired) electrons. The molecule has 1 N–H and O–H groups in total. The van der Waals surface area contributed by atoms with Gasteiger partial charge < -0.3 is 5.11 Å². The molecule has 0 saturated heterocycles. The van der Waals surface area contributed by atoms with Crippen molar-refractivity contribution < 1.29 is 14.6 Å². The van der Waals surface area contributed by atoms with E-state index < -0.39 is 11.5 Å². The summed E-state index contributed by atoms with van der Waals surface area (Å²) in [5.74, 6) is -1.06. The monoisotopic (exact) mass is 397 g/mol. The number of nitrogens with one attached hydrogen (secondary N) is 1. The number of ketones is 1. The van der Waals surface area contributed by atoms with Gasteiger partial charge in [0.05, 0.1) is 6.21 Å². The van der Waals surface area contributed by atoms with Gasteiger partial charge in [-0.1, -0.05) is 52.2 Å². The molecular formula is C19H16ClN5O3. The molecule has 142 valence electrons. The number of aliphatic imine (C=N–C) groups is 1. The number of carbonyl (C=O) groups excluding carboxylic acids is 1. The number of benzene rings is 2. The molecule has 0 spiro atoms. The van der Waals surface area contributed by atoms with E-state index in [2.05, 4.69) is 15.3 Å². The zero-order valence-electron chi connectivity index (χ0n) is 14.9. The fourth-order valence-electron chi connectivity index (χ4n) is 2.47. The van der Waals surface area contributed by atoms with E-state index in [1.165, 1.54) is 13.3 Å². The minimum absolute atomic E-state index is 0.263. The van der Waals surface area contributed by atoms with Gasteiger partial charge in [-0.2, -0.15) is 0 Å². The first-order valence-corrected chi connectivity index (χ1v) is 8.64. The van der Waals surface area contributed by atoms with E-state index in [1.54, 1.807) is 24.3 Å². The number of Topliss-reactive ketones (excluding diaryl/α,β-unsaturated/α-hetero) is 1. The predicted molar refractivity (Wildman–Crippen MR) is 103 cm³/mol. The standard InChI is InChI=1S/C19H16ClN5O3/c1-21-18(27)17-19(28)25(22-11-13-5-3-2-4-6-13)23-24(17)12-16(26)14-7-9-15(20)10-8-14/h2-11H,12H2,1H3,(H-,21,23,27,28)/b22-11+. The Labute approximate surface area is 165 Å². The summed E-state index contributed by atoms with van der Waals surface area (Å²) in [6.07, 6.45) is 1.46. The topological polar surface area (TPSA) is 107 Å². The molecule has 0 aliphatic heterocycles. The Hall–Kier alpha value is -3.52. The molecule has 0 unspecified atom stereocenters. The minimum atomic E-state index is -0.751. The van der Waals surface area contributed by atoms with Crippen molar-refractivity contribution in [3.8, 4) is 0 Å². The fraction of sp³-hybridized carbons (Fsp3) is 0.105. The van der Waals surface area contributed by atoms with Gasteiger partial charge in [0, 0.05) is 28.3 Å². The average molecular weight is 398 g/mol. The van der Waals surface area contributed by atoms with Crippen molar-refractivity contribution in [1.29, 1.82) is 0 Å². The summed E-state index contributed by atoms with van der Waals surface area (Å²) in [4.78, 5) is 29.5. The van der Waals surface area contributed by atoms with Gasteiger partial charge in [-0.25, -0.2) is 4.79 Å². The summed E-state index contributed by atoms with van der Waals surface area (Å²) < 4.78 is 1.14. The third kappa shape index (κ3) is 4.24. The van der Waals surface area contributed by atoms with Gasteiger partial charge >= 0.3 is 5.56 Å². The van der Waals surface area contributed by atoms with Crippen molar-refractivity contribution in [2.75, 3.05) is 7.05 Å². The van der Waals surface area contributed by atoms with Crippen molar-refractivity contribution in [2.45, 2.75) is 6.54 Å². The van der Waals surface area contributed by atoms with Crippen molar-refractivity contribution in [1.82, 2.24) is 10.0 Å². The van der Waals surface area contributed by atoms with E-state index in [1.807, 2.05) is 30.3 Å². The molecule has 1 heterocycles. The van der Waals surface area contributed by atoms with E-state index in [0.717, 1.165) is 15.0 Å². The number of aromatic amines is 1. The Kier molecular flexibility index (Phi) is 5.81. The molecule has 1 aromatic heterocycles. The summed E-state index contributed by atoms with van der Waals surface area (Å²) in [7, 11) is 1.28. The summed E-state index contributed by atoms with van der Waals surface area (Å²) in [5.41, 5.74) is 0.174. The molecule has 0 aliphatic carbocycles. The number of halogens is 1. The highest BCUT2D eigenvalue weighted by Crippen LogP contribution is 2.10. The lowest BCUT2D eigenvalue weighted by atomic mass is 10.1. The molecule has 3 rings (SSSR count). The van der Waals surface area contributed by atoms with Crippen molar-refractivity contribution in [2.24, 2.45) is 10.1 Å². The van der Waals surface area contributed by atoms with E-state index in [4.69, 9.17) is 11.6 Å². The maximum Gasteiger partial charge on any atom is 0.427 e. The van der Waals surface area contributed by atoms with E-state index in [0.29, 0.717) is 10.6 Å². The molecule has 0 saturated carbocycles. The number of nitrogens with zero attached hydrogens (tertiary/aromatic N) is 4. The van der Waals surface area contributed by atoms with Crippen molar-refractivity contribution in [3.63, 3.8) is 0 Å². The highest BCUT2D eigenvalue weighted by Gasteiger charge is 2.24. The SMILES string of the molecule is CN=C([O-])c1c(=O)n(/N=C/c2ccccc2)[nH][n+]1CC(=O)c1ccc(Cl)cc1. The van der Waals surface area contributed by atoms with Gasteiger partial charge in [0.15, 0.2) is 6.54 Å². The van der Waals surface area contributed by atoms with Crippen LogP contribution in [0.1, 0.15) is 21.6 Å². The number of H-pyrrole nitrogens is 1. The minimum Gasteiger partial charge on any atom is -0.856 e. The summed E-state index contributed by atoms with van der Waals surface area (Å²) in [6.45, 7) is -0.263. The van der Waals surface area contributed by atoms with Gasteiger partial charge in [0.1, 0.15) is 0 Å². The van der Waals surface area contributed by atoms with Crippen LogP contribution >= 0.6 is 11.6 Å². The third-order valence-electron chi connectivity index (χ3n) is 3.88. The Morgan fingerprint density at radius 3 is 2.54 bits per heavy atom. The summed E-state index contributed by atoms with van der Waals surface area (Å²) >= 11 is 5.83. The fourth-order valence-corrected chi connectivity index (χ4v) is 2.59. The highest BCUT2D eigenvalue weighted by atomic mass is 35.5. The van der Waals surface area contributed by atoms with Crippen LogP contribution in [0, 0.1) is 0 Å². The molecule has 3 aromatic rings.